The van der Waals surface area contributed by atoms with Crippen LogP contribution in [0.4, 0.5) is 0 Å². The number of amides is 1. The lowest BCUT2D eigenvalue weighted by Gasteiger charge is -2.11. The van der Waals surface area contributed by atoms with Crippen LogP contribution in [0.3, 0.4) is 0 Å². The molecular weight excluding hydrogens is 392 g/mol. The van der Waals surface area contributed by atoms with Crippen LogP contribution in [0.1, 0.15) is 26.3 Å². The van der Waals surface area contributed by atoms with Crippen LogP contribution in [0, 0.1) is 0 Å². The summed E-state index contributed by atoms with van der Waals surface area (Å²) >= 11 is 0. The molecule has 0 aliphatic carbocycles. The number of rotatable bonds is 9. The van der Waals surface area contributed by atoms with Crippen molar-refractivity contribution in [3.63, 3.8) is 0 Å². The highest BCUT2D eigenvalue weighted by Gasteiger charge is 2.16. The minimum absolute atomic E-state index is 0.0613. The van der Waals surface area contributed by atoms with Crippen molar-refractivity contribution in [3.8, 4) is 28.7 Å². The summed E-state index contributed by atoms with van der Waals surface area (Å²) in [5.41, 5.74) is 3.37. The Morgan fingerprint density at radius 3 is 2.58 bits per heavy atom. The summed E-state index contributed by atoms with van der Waals surface area (Å²) in [6, 6.07) is 13.5. The fourth-order valence-corrected chi connectivity index (χ4v) is 3.04. The van der Waals surface area contributed by atoms with Crippen LogP contribution in [0.5, 0.6) is 5.88 Å². The number of hydrogen-bond acceptors (Lipinski definition) is 5. The zero-order chi connectivity index (χ0) is 22.2. The molecule has 0 saturated carbocycles. The first-order valence-electron chi connectivity index (χ1n) is 10.3. The summed E-state index contributed by atoms with van der Waals surface area (Å²) in [5.74, 6) is 1.01. The summed E-state index contributed by atoms with van der Waals surface area (Å²) in [5, 5.41) is 2.92. The van der Waals surface area contributed by atoms with Crippen LogP contribution in [0.2, 0.25) is 0 Å². The number of methoxy groups -OCH3 is 1. The van der Waals surface area contributed by atoms with Gasteiger partial charge in [0.25, 0.3) is 0 Å². The lowest BCUT2D eigenvalue weighted by Crippen LogP contribution is -2.33. The maximum absolute atomic E-state index is 12.4. The standard InChI is InChI=1S/C24H28N4O3/c1-5-31-14-13-18-9-11-19(12-10-18)21-15-28(16-22(29)25-17(2)3)24(27-21)20-7-6-8-23(26-20)30-4/h6-15,17H,5,16H2,1-4H3,(H,25,29)/b14-13-. The Kier molecular flexibility index (Phi) is 7.43. The number of aromatic nitrogens is 3. The monoisotopic (exact) mass is 420 g/mol. The van der Waals surface area contributed by atoms with E-state index in [0.717, 1.165) is 16.8 Å². The first kappa shape index (κ1) is 22.1. The molecule has 0 atom stereocenters. The van der Waals surface area contributed by atoms with Gasteiger partial charge in [0.2, 0.25) is 11.8 Å². The molecule has 3 rings (SSSR count). The molecule has 7 heteroatoms. The van der Waals surface area contributed by atoms with Gasteiger partial charge in [0, 0.05) is 23.9 Å². The van der Waals surface area contributed by atoms with Gasteiger partial charge in [-0.05, 0) is 38.5 Å². The number of benzene rings is 1. The highest BCUT2D eigenvalue weighted by Crippen LogP contribution is 2.25. The van der Waals surface area contributed by atoms with Gasteiger partial charge < -0.3 is 19.4 Å². The van der Waals surface area contributed by atoms with Gasteiger partial charge in [-0.2, -0.15) is 0 Å². The van der Waals surface area contributed by atoms with Gasteiger partial charge in [-0.25, -0.2) is 9.97 Å². The minimum atomic E-state index is -0.0838. The molecule has 2 heterocycles. The average molecular weight is 421 g/mol. The first-order valence-corrected chi connectivity index (χ1v) is 10.3. The summed E-state index contributed by atoms with van der Waals surface area (Å²) in [6.45, 7) is 6.60. The number of ether oxygens (including phenoxy) is 2. The molecule has 0 fully saturated rings. The summed E-state index contributed by atoms with van der Waals surface area (Å²) in [6.07, 6.45) is 5.47. The van der Waals surface area contributed by atoms with Crippen molar-refractivity contribution in [1.82, 2.24) is 19.9 Å². The Morgan fingerprint density at radius 2 is 1.90 bits per heavy atom. The molecule has 0 aliphatic heterocycles. The predicted octanol–water partition coefficient (Wildman–Crippen LogP) is 4.15. The molecule has 2 aromatic heterocycles. The van der Waals surface area contributed by atoms with E-state index in [4.69, 9.17) is 14.5 Å². The van der Waals surface area contributed by atoms with Crippen molar-refractivity contribution in [1.29, 1.82) is 0 Å². The summed E-state index contributed by atoms with van der Waals surface area (Å²) in [7, 11) is 1.57. The molecule has 0 saturated heterocycles. The molecular formula is C24H28N4O3. The van der Waals surface area contributed by atoms with Crippen LogP contribution in [-0.4, -0.2) is 40.2 Å². The molecule has 0 aliphatic rings. The van der Waals surface area contributed by atoms with Crippen molar-refractivity contribution in [2.24, 2.45) is 0 Å². The number of imidazole rings is 1. The van der Waals surface area contributed by atoms with E-state index < -0.39 is 0 Å². The van der Waals surface area contributed by atoms with Gasteiger partial charge in [-0.1, -0.05) is 30.3 Å². The maximum atomic E-state index is 12.4. The molecule has 0 radical (unpaired) electrons. The number of carbonyl (C=O) groups excluding carboxylic acids is 1. The van der Waals surface area contributed by atoms with Crippen LogP contribution in [-0.2, 0) is 16.1 Å². The number of hydrogen-bond donors (Lipinski definition) is 1. The van der Waals surface area contributed by atoms with E-state index in [9.17, 15) is 4.79 Å². The highest BCUT2D eigenvalue weighted by molar-refractivity contribution is 5.77. The maximum Gasteiger partial charge on any atom is 0.240 e. The molecule has 7 nitrogen and oxygen atoms in total. The molecule has 1 amide bonds. The van der Waals surface area contributed by atoms with E-state index in [1.165, 1.54) is 0 Å². The predicted molar refractivity (Wildman–Crippen MR) is 121 cm³/mol. The third kappa shape index (κ3) is 5.94. The molecule has 0 bridgehead atoms. The minimum Gasteiger partial charge on any atom is -0.501 e. The van der Waals surface area contributed by atoms with Crippen molar-refractivity contribution in [2.45, 2.75) is 33.4 Å². The van der Waals surface area contributed by atoms with Gasteiger partial charge in [-0.3, -0.25) is 4.79 Å². The largest absolute Gasteiger partial charge is 0.501 e. The molecule has 0 unspecified atom stereocenters. The molecule has 162 valence electrons. The first-order chi connectivity index (χ1) is 15.0. The van der Waals surface area contributed by atoms with E-state index in [1.54, 1.807) is 19.4 Å². The fraction of sp³-hybridized carbons (Fsp3) is 0.292. The van der Waals surface area contributed by atoms with Crippen molar-refractivity contribution >= 4 is 12.0 Å². The van der Waals surface area contributed by atoms with Gasteiger partial charge in [0.05, 0.1) is 25.7 Å². The third-order valence-electron chi connectivity index (χ3n) is 4.43. The van der Waals surface area contributed by atoms with Gasteiger partial charge in [0.1, 0.15) is 12.2 Å². The second-order valence-corrected chi connectivity index (χ2v) is 7.25. The van der Waals surface area contributed by atoms with Crippen LogP contribution < -0.4 is 10.1 Å². The summed E-state index contributed by atoms with van der Waals surface area (Å²) < 4.78 is 12.3. The number of nitrogens with one attached hydrogen (secondary N) is 1. The lowest BCUT2D eigenvalue weighted by atomic mass is 10.1. The zero-order valence-corrected chi connectivity index (χ0v) is 18.3. The molecule has 31 heavy (non-hydrogen) atoms. The molecule has 0 spiro atoms. The van der Waals surface area contributed by atoms with Crippen LogP contribution in [0.25, 0.3) is 28.9 Å². The van der Waals surface area contributed by atoms with E-state index in [-0.39, 0.29) is 18.5 Å². The Hall–Kier alpha value is -3.61. The second kappa shape index (κ2) is 10.4. The van der Waals surface area contributed by atoms with Gasteiger partial charge in [0.15, 0.2) is 5.82 Å². The fourth-order valence-electron chi connectivity index (χ4n) is 3.04. The topological polar surface area (TPSA) is 78.3 Å². The third-order valence-corrected chi connectivity index (χ3v) is 4.43. The van der Waals surface area contributed by atoms with E-state index in [0.29, 0.717) is 24.0 Å². The van der Waals surface area contributed by atoms with Crippen LogP contribution >= 0.6 is 0 Å². The van der Waals surface area contributed by atoms with Crippen molar-refractivity contribution < 1.29 is 14.3 Å². The highest BCUT2D eigenvalue weighted by atomic mass is 16.5. The van der Waals surface area contributed by atoms with Gasteiger partial charge >= 0.3 is 0 Å². The number of pyridine rings is 1. The normalized spacial score (nSPS) is 11.1. The van der Waals surface area contributed by atoms with Crippen molar-refractivity contribution in [2.75, 3.05) is 13.7 Å². The second-order valence-electron chi connectivity index (χ2n) is 7.25. The smallest absolute Gasteiger partial charge is 0.240 e. The molecule has 1 aromatic carbocycles. The Bertz CT molecular complexity index is 1040. The average Bonchev–Trinajstić information content (AvgIpc) is 3.17. The quantitative estimate of drug-likeness (QED) is 0.526. The number of carbonyl (C=O) groups is 1. The van der Waals surface area contributed by atoms with E-state index >= 15 is 0 Å². The summed E-state index contributed by atoms with van der Waals surface area (Å²) in [4.78, 5) is 21.7. The van der Waals surface area contributed by atoms with Crippen LogP contribution in [0.15, 0.2) is 54.9 Å². The SMILES string of the molecule is CCO/C=C\c1ccc(-c2cn(CC(=O)NC(C)C)c(-c3cccc(OC)n3)n2)cc1. The van der Waals surface area contributed by atoms with Crippen molar-refractivity contribution in [3.05, 3.63) is 60.5 Å². The van der Waals surface area contributed by atoms with E-state index in [2.05, 4.69) is 10.3 Å². The van der Waals surface area contributed by atoms with Gasteiger partial charge in [-0.15, -0.1) is 0 Å². The number of nitrogens with zero attached hydrogens (tertiary/aromatic N) is 3. The van der Waals surface area contributed by atoms with E-state index in [1.807, 2.05) is 74.0 Å². The Morgan fingerprint density at radius 1 is 1.13 bits per heavy atom. The Balaban J connectivity index is 1.95. The Labute approximate surface area is 182 Å². The molecule has 3 aromatic rings. The zero-order valence-electron chi connectivity index (χ0n) is 18.3. The lowest BCUT2D eigenvalue weighted by molar-refractivity contribution is -0.122. The molecule has 1 N–H and O–H groups in total.